The monoisotopic (exact) mass is 852 g/mol. The molecule has 0 atom stereocenters. The first-order chi connectivity index (χ1) is 7.56. The van der Waals surface area contributed by atoms with E-state index < -0.39 is 21.3 Å². The summed E-state index contributed by atoms with van der Waals surface area (Å²) in [5.74, 6) is 0. The Labute approximate surface area is 181 Å². The van der Waals surface area contributed by atoms with E-state index in [0.29, 0.717) is 0 Å². The Bertz CT molecular complexity index is 408. The number of hydrogen-bond acceptors (Lipinski definition) is 3. The van der Waals surface area contributed by atoms with Crippen LogP contribution in [0.2, 0.25) is 0 Å². The van der Waals surface area contributed by atoms with Gasteiger partial charge in [0.1, 0.15) is 3.23 Å². The Balaban J connectivity index is 5.96. The molecule has 1 radical (unpaired) electrons. The topological polar surface area (TPSA) is 43.4 Å². The van der Waals surface area contributed by atoms with E-state index in [0.717, 1.165) is 0 Å². The smallest absolute Gasteiger partial charge is 0.266 e. The average Bonchev–Trinajstić information content (AvgIpc) is 2.15. The zero-order chi connectivity index (χ0) is 15.2. The van der Waals surface area contributed by atoms with Crippen LogP contribution in [0.4, 0.5) is 0 Å². The molecule has 0 saturated carbocycles. The second kappa shape index (κ2) is 7.00. The van der Waals surface area contributed by atoms with Gasteiger partial charge in [-0.1, -0.05) is 112 Å². The van der Waals surface area contributed by atoms with Crippen LogP contribution in [0.3, 0.4) is 0 Å². The Hall–Kier alpha value is 4.23. The molecule has 0 spiro atoms. The van der Waals surface area contributed by atoms with Gasteiger partial charge in [0.25, 0.3) is 10.1 Å². The molecule has 0 aromatic heterocycles. The molecule has 18 heavy (non-hydrogen) atoms. The zero-order valence-corrected chi connectivity index (χ0v) is 22.8. The Kier molecular flexibility index (Phi) is 8.65. The maximum atomic E-state index is 11.9. The molecule has 0 N–H and O–H groups in total. The van der Waals surface area contributed by atoms with Crippen molar-refractivity contribution in [2.45, 2.75) is 11.2 Å². The molecule has 0 heterocycles. The van der Waals surface area contributed by atoms with Crippen molar-refractivity contribution in [2.24, 2.45) is 0 Å². The van der Waals surface area contributed by atoms with Crippen molar-refractivity contribution < 1.29 is 12.6 Å². The number of alkyl halides is 9. The lowest BCUT2D eigenvalue weighted by Gasteiger charge is -2.45. The fourth-order valence-electron chi connectivity index (χ4n) is 0.592. The van der Waals surface area contributed by atoms with Gasteiger partial charge in [0.15, 0.2) is 5.38 Å². The molecule has 0 fully saturated rings. The maximum absolute atomic E-state index is 11.9. The van der Waals surface area contributed by atoms with Crippen molar-refractivity contribution in [1.29, 1.82) is 0 Å². The third kappa shape index (κ3) is 4.00. The van der Waals surface area contributed by atoms with Crippen LogP contribution < -0.4 is 0 Å². The van der Waals surface area contributed by atoms with Gasteiger partial charge >= 0.3 is 0 Å². The van der Waals surface area contributed by atoms with E-state index in [2.05, 4.69) is 155 Å². The molecule has 3 nitrogen and oxygen atoms in total. The van der Waals surface area contributed by atoms with E-state index in [1.54, 1.807) is 0 Å². The molecule has 0 aromatic carbocycles. The lowest BCUT2D eigenvalue weighted by atomic mass is 10.4. The number of halogens is 9. The van der Waals surface area contributed by atoms with Crippen LogP contribution in [0, 0.1) is 7.11 Å². The summed E-state index contributed by atoms with van der Waals surface area (Å²) in [4.78, 5) is 0. The van der Waals surface area contributed by atoms with Crippen molar-refractivity contribution >= 4 is 153 Å². The average molecular weight is 861 g/mol. The molecule has 0 rings (SSSR count). The summed E-state index contributed by atoms with van der Waals surface area (Å²) in [7, 11) is -1.17. The minimum atomic E-state index is -4.09. The van der Waals surface area contributed by atoms with E-state index in [1.165, 1.54) is 0 Å². The van der Waals surface area contributed by atoms with Crippen molar-refractivity contribution in [3.63, 3.8) is 0 Å². The summed E-state index contributed by atoms with van der Waals surface area (Å²) in [5, 5.41) is 0. The van der Waals surface area contributed by atoms with E-state index in [9.17, 15) is 8.42 Å². The lowest BCUT2D eigenvalue weighted by molar-refractivity contribution is 0.431. The van der Waals surface area contributed by atoms with Gasteiger partial charge in [0.05, 0.1) is 7.11 Å². The summed E-state index contributed by atoms with van der Waals surface area (Å²) >= 11 is 29.3. The van der Waals surface area contributed by atoms with Crippen LogP contribution >= 0.6 is 143 Å². The molecule has 0 bridgehead atoms. The molecule has 0 amide bonds. The highest BCUT2D eigenvalue weighted by Crippen LogP contribution is 2.69. The van der Waals surface area contributed by atoms with Crippen LogP contribution in [0.25, 0.3) is 0 Å². The molecule has 0 aliphatic carbocycles. The van der Waals surface area contributed by atoms with Crippen LogP contribution in [0.15, 0.2) is 0 Å². The molecule has 109 valence electrons. The third-order valence-corrected chi connectivity index (χ3v) is 20.9. The Morgan fingerprint density at radius 3 is 1.33 bits per heavy atom. The van der Waals surface area contributed by atoms with Gasteiger partial charge in [-0.15, -0.1) is 0 Å². The summed E-state index contributed by atoms with van der Waals surface area (Å²) in [6.07, 6.45) is 0. The predicted octanol–water partition coefficient (Wildman–Crippen LogP) is 6.38. The van der Waals surface area contributed by atoms with E-state index >= 15 is 0 Å². The molecular formula is C5H2Br9O3S. The van der Waals surface area contributed by atoms with Crippen molar-refractivity contribution in [2.75, 3.05) is 0 Å². The van der Waals surface area contributed by atoms with Gasteiger partial charge in [0, 0.05) is 0 Å². The summed E-state index contributed by atoms with van der Waals surface area (Å²) in [6.45, 7) is 0. The highest BCUT2D eigenvalue weighted by atomic mass is 80.0. The first kappa shape index (κ1) is 22.2. The molecule has 0 aliphatic heterocycles. The lowest BCUT2D eigenvalue weighted by Crippen LogP contribution is -2.56. The van der Waals surface area contributed by atoms with E-state index in [4.69, 9.17) is 0 Å². The van der Waals surface area contributed by atoms with Gasteiger partial charge in [-0.25, -0.2) is 0 Å². The fourth-order valence-corrected chi connectivity index (χ4v) is 8.56. The highest BCUT2D eigenvalue weighted by molar-refractivity contribution is 9.42. The van der Waals surface area contributed by atoms with Crippen LogP contribution in [0.5, 0.6) is 0 Å². The predicted molar refractivity (Wildman–Crippen MR) is 107 cm³/mol. The van der Waals surface area contributed by atoms with Gasteiger partial charge in [-0.3, -0.25) is 4.18 Å². The van der Waals surface area contributed by atoms with Crippen molar-refractivity contribution in [3.05, 3.63) is 7.11 Å². The summed E-state index contributed by atoms with van der Waals surface area (Å²) < 4.78 is 23.0. The normalized spacial score (nSPS) is 15.9. The van der Waals surface area contributed by atoms with E-state index in [1.807, 2.05) is 0 Å². The van der Waals surface area contributed by atoms with Gasteiger partial charge in [-0.05, 0) is 31.9 Å². The van der Waals surface area contributed by atoms with Crippen molar-refractivity contribution in [1.82, 2.24) is 0 Å². The first-order valence-corrected chi connectivity index (χ1v) is 12.0. The van der Waals surface area contributed by atoms with Crippen LogP contribution in [0.1, 0.15) is 0 Å². The number of hydrogen-bond donors (Lipinski definition) is 0. The summed E-state index contributed by atoms with van der Waals surface area (Å²) in [5.41, 5.74) is 0. The second-order valence-corrected chi connectivity index (χ2v) is 22.6. The van der Waals surface area contributed by atoms with Gasteiger partial charge < -0.3 is 0 Å². The minimum absolute atomic E-state index is 0.920. The largest absolute Gasteiger partial charge is 0.296 e. The second-order valence-electron chi connectivity index (χ2n) is 2.74. The quantitative estimate of drug-likeness (QED) is 0.244. The van der Waals surface area contributed by atoms with Gasteiger partial charge in [-0.2, -0.15) is 8.42 Å². The molecule has 0 unspecified atom stereocenters. The first-order valence-electron chi connectivity index (χ1n) is 3.44. The van der Waals surface area contributed by atoms with Gasteiger partial charge in [0.2, 0.25) is 2.57 Å². The van der Waals surface area contributed by atoms with Crippen molar-refractivity contribution in [3.8, 4) is 0 Å². The zero-order valence-electron chi connectivity index (χ0n) is 7.74. The Morgan fingerprint density at radius 1 is 0.778 bits per heavy atom. The molecule has 13 heteroatoms. The standard InChI is InChI=1S/C5H2Br9O3S/c1-17-18(15,16)5(13,14)3(8,9)2(6,7)4(10,11)12/h1H2. The molecule has 0 saturated heterocycles. The number of rotatable bonds is 4. The third-order valence-electron chi connectivity index (χ3n) is 1.59. The summed E-state index contributed by atoms with van der Waals surface area (Å²) in [6, 6.07) is 0. The van der Waals surface area contributed by atoms with E-state index in [-0.39, 0.29) is 0 Å². The van der Waals surface area contributed by atoms with Crippen LogP contribution in [-0.2, 0) is 14.3 Å². The molecule has 0 aromatic rings. The van der Waals surface area contributed by atoms with Crippen LogP contribution in [-0.4, -0.2) is 19.6 Å². The Morgan fingerprint density at radius 2 is 1.11 bits per heavy atom. The SMILES string of the molecule is [CH2]OS(=O)(=O)C(Br)(Br)C(Br)(Br)C(Br)(Br)C(Br)(Br)Br. The minimum Gasteiger partial charge on any atom is -0.266 e. The maximum Gasteiger partial charge on any atom is 0.296 e. The highest BCUT2D eigenvalue weighted by Gasteiger charge is 2.69. The molecule has 0 aliphatic rings. The fraction of sp³-hybridized carbons (Fsp3) is 0.800. The molecular weight excluding hydrogens is 859 g/mol.